The number of hydrogen-bond donors (Lipinski definition) is 1. The van der Waals surface area contributed by atoms with Gasteiger partial charge in [0.25, 0.3) is 5.69 Å². The minimum atomic E-state index is -4.40. The summed E-state index contributed by atoms with van der Waals surface area (Å²) in [6.45, 7) is 0.181. The van der Waals surface area contributed by atoms with Crippen LogP contribution in [0.25, 0.3) is 10.9 Å². The molecular weight excluding hydrogens is 373 g/mol. The van der Waals surface area contributed by atoms with Gasteiger partial charge in [0, 0.05) is 18.0 Å². The number of anilines is 1. The second-order valence-electron chi connectivity index (χ2n) is 5.35. The van der Waals surface area contributed by atoms with Gasteiger partial charge in [-0.3, -0.25) is 10.1 Å². The number of alkyl halides is 3. The summed E-state index contributed by atoms with van der Waals surface area (Å²) in [6.07, 6.45) is -3.13. The van der Waals surface area contributed by atoms with Gasteiger partial charge < -0.3 is 5.32 Å². The number of aromatic nitrogens is 2. The van der Waals surface area contributed by atoms with Gasteiger partial charge in [0.05, 0.1) is 16.0 Å². The van der Waals surface area contributed by atoms with E-state index < -0.39 is 16.7 Å². The van der Waals surface area contributed by atoms with E-state index in [1.807, 2.05) is 0 Å². The minimum absolute atomic E-state index is 0.0464. The van der Waals surface area contributed by atoms with Gasteiger partial charge in [0.2, 0.25) is 0 Å². The lowest BCUT2D eigenvalue weighted by Crippen LogP contribution is -2.06. The third-order valence-corrected chi connectivity index (χ3v) is 3.94. The highest BCUT2D eigenvalue weighted by Crippen LogP contribution is 2.32. The average Bonchev–Trinajstić information content (AvgIpc) is 2.58. The van der Waals surface area contributed by atoms with Crippen LogP contribution in [0, 0.1) is 10.1 Å². The number of fused-ring (bicyclic) bond motifs is 1. The number of nitrogens with one attached hydrogen (secondary N) is 1. The Hall–Kier alpha value is -2.94. The summed E-state index contributed by atoms with van der Waals surface area (Å²) in [6, 6.07) is 7.28. The zero-order chi connectivity index (χ0) is 18.9. The van der Waals surface area contributed by atoms with Gasteiger partial charge in [0.1, 0.15) is 17.2 Å². The van der Waals surface area contributed by atoms with Crippen LogP contribution in [0.2, 0.25) is 5.02 Å². The highest BCUT2D eigenvalue weighted by atomic mass is 35.5. The predicted octanol–water partition coefficient (Wildman–Crippen LogP) is 4.82. The van der Waals surface area contributed by atoms with Crippen molar-refractivity contribution in [3.63, 3.8) is 0 Å². The SMILES string of the molecule is O=[N+]([O-])c1cc2c(NCc3ccc(C(F)(F)F)cc3)ncnc2cc1Cl. The molecule has 0 fully saturated rings. The lowest BCUT2D eigenvalue weighted by atomic mass is 10.1. The number of hydrogen-bond acceptors (Lipinski definition) is 5. The third-order valence-electron chi connectivity index (χ3n) is 3.64. The fraction of sp³-hybridized carbons (Fsp3) is 0.125. The van der Waals surface area contributed by atoms with Crippen LogP contribution in [0.15, 0.2) is 42.7 Å². The zero-order valence-electron chi connectivity index (χ0n) is 12.9. The van der Waals surface area contributed by atoms with Gasteiger partial charge in [-0.15, -0.1) is 0 Å². The molecule has 2 aromatic carbocycles. The molecule has 3 rings (SSSR count). The first kappa shape index (κ1) is 17.9. The number of benzene rings is 2. The molecule has 0 atom stereocenters. The quantitative estimate of drug-likeness (QED) is 0.516. The highest BCUT2D eigenvalue weighted by Gasteiger charge is 2.29. The van der Waals surface area contributed by atoms with Gasteiger partial charge in [-0.05, 0) is 23.8 Å². The van der Waals surface area contributed by atoms with Crippen molar-refractivity contribution in [1.82, 2.24) is 9.97 Å². The van der Waals surface area contributed by atoms with Gasteiger partial charge >= 0.3 is 6.18 Å². The summed E-state index contributed by atoms with van der Waals surface area (Å²) in [5.41, 5.74) is -0.0238. The van der Waals surface area contributed by atoms with Gasteiger partial charge in [-0.1, -0.05) is 23.7 Å². The van der Waals surface area contributed by atoms with E-state index in [1.165, 1.54) is 30.6 Å². The lowest BCUT2D eigenvalue weighted by Gasteiger charge is -2.10. The molecule has 0 saturated carbocycles. The number of nitro groups is 1. The molecule has 0 aliphatic heterocycles. The average molecular weight is 383 g/mol. The second kappa shape index (κ2) is 6.75. The van der Waals surface area contributed by atoms with E-state index >= 15 is 0 Å². The molecule has 1 aromatic heterocycles. The van der Waals surface area contributed by atoms with Gasteiger partial charge in [-0.2, -0.15) is 13.2 Å². The maximum atomic E-state index is 12.6. The molecule has 134 valence electrons. The Balaban J connectivity index is 1.87. The van der Waals surface area contributed by atoms with Crippen molar-refractivity contribution in [2.75, 3.05) is 5.32 Å². The maximum absolute atomic E-state index is 12.6. The predicted molar refractivity (Wildman–Crippen MR) is 90.0 cm³/mol. The van der Waals surface area contributed by atoms with Crippen LogP contribution >= 0.6 is 11.6 Å². The van der Waals surface area contributed by atoms with Crippen molar-refractivity contribution < 1.29 is 18.1 Å². The number of nitrogens with zero attached hydrogens (tertiary/aromatic N) is 3. The minimum Gasteiger partial charge on any atom is -0.365 e. The number of rotatable bonds is 4. The molecule has 1 heterocycles. The topological polar surface area (TPSA) is 81.0 Å². The standard InChI is InChI=1S/C16H10ClF3N4O2/c17-12-6-13-11(5-14(12)24(25)26)15(23-8-22-13)21-7-9-1-3-10(4-2-9)16(18,19)20/h1-6,8H,7H2,(H,21,22,23). The summed E-state index contributed by atoms with van der Waals surface area (Å²) in [5, 5.41) is 14.3. The van der Waals surface area contributed by atoms with Gasteiger partial charge in [0.15, 0.2) is 0 Å². The Bertz CT molecular complexity index is 978. The van der Waals surface area contributed by atoms with E-state index in [9.17, 15) is 23.3 Å². The van der Waals surface area contributed by atoms with E-state index in [0.29, 0.717) is 22.3 Å². The van der Waals surface area contributed by atoms with Crippen molar-refractivity contribution in [3.05, 3.63) is 69.0 Å². The fourth-order valence-corrected chi connectivity index (χ4v) is 2.57. The van der Waals surface area contributed by atoms with E-state index in [4.69, 9.17) is 11.6 Å². The Morgan fingerprint density at radius 3 is 2.46 bits per heavy atom. The first-order chi connectivity index (χ1) is 12.3. The Morgan fingerprint density at radius 1 is 1.15 bits per heavy atom. The van der Waals surface area contributed by atoms with Crippen LogP contribution in [-0.2, 0) is 12.7 Å². The van der Waals surface area contributed by atoms with Crippen molar-refractivity contribution in [3.8, 4) is 0 Å². The Morgan fingerprint density at radius 2 is 1.85 bits per heavy atom. The smallest absolute Gasteiger partial charge is 0.365 e. The molecule has 0 unspecified atom stereocenters. The number of halogens is 4. The summed E-state index contributed by atoms with van der Waals surface area (Å²) < 4.78 is 37.7. The molecule has 26 heavy (non-hydrogen) atoms. The molecule has 0 radical (unpaired) electrons. The largest absolute Gasteiger partial charge is 0.416 e. The van der Waals surface area contributed by atoms with Crippen LogP contribution < -0.4 is 5.32 Å². The zero-order valence-corrected chi connectivity index (χ0v) is 13.7. The highest BCUT2D eigenvalue weighted by molar-refractivity contribution is 6.33. The first-order valence-electron chi connectivity index (χ1n) is 7.24. The fourth-order valence-electron chi connectivity index (χ4n) is 2.34. The Labute approximate surface area is 149 Å². The molecule has 0 saturated heterocycles. The summed E-state index contributed by atoms with van der Waals surface area (Å²) in [7, 11) is 0. The molecule has 0 amide bonds. The summed E-state index contributed by atoms with van der Waals surface area (Å²) in [4.78, 5) is 18.5. The van der Waals surface area contributed by atoms with E-state index in [1.54, 1.807) is 0 Å². The molecule has 0 bridgehead atoms. The first-order valence-corrected chi connectivity index (χ1v) is 7.62. The molecule has 0 aliphatic rings. The van der Waals surface area contributed by atoms with E-state index in [-0.39, 0.29) is 17.3 Å². The molecular formula is C16H10ClF3N4O2. The lowest BCUT2D eigenvalue weighted by molar-refractivity contribution is -0.384. The monoisotopic (exact) mass is 382 g/mol. The van der Waals surface area contributed by atoms with Crippen LogP contribution in [0.3, 0.4) is 0 Å². The normalized spacial score (nSPS) is 11.5. The van der Waals surface area contributed by atoms with Crippen molar-refractivity contribution in [2.24, 2.45) is 0 Å². The molecule has 1 N–H and O–H groups in total. The van der Waals surface area contributed by atoms with Crippen molar-refractivity contribution in [2.45, 2.75) is 12.7 Å². The van der Waals surface area contributed by atoms with Crippen molar-refractivity contribution in [1.29, 1.82) is 0 Å². The third kappa shape index (κ3) is 3.67. The maximum Gasteiger partial charge on any atom is 0.416 e. The van der Waals surface area contributed by atoms with Gasteiger partial charge in [-0.25, -0.2) is 9.97 Å². The molecule has 10 heteroatoms. The van der Waals surface area contributed by atoms with Crippen LogP contribution in [-0.4, -0.2) is 14.9 Å². The van der Waals surface area contributed by atoms with Crippen molar-refractivity contribution >= 4 is 34.0 Å². The van der Waals surface area contributed by atoms with Crippen LogP contribution in [0.5, 0.6) is 0 Å². The van der Waals surface area contributed by atoms with E-state index in [0.717, 1.165) is 12.1 Å². The van der Waals surface area contributed by atoms with Crippen LogP contribution in [0.4, 0.5) is 24.7 Å². The van der Waals surface area contributed by atoms with E-state index in [2.05, 4.69) is 15.3 Å². The molecule has 3 aromatic rings. The molecule has 0 spiro atoms. The van der Waals surface area contributed by atoms with Crippen LogP contribution in [0.1, 0.15) is 11.1 Å². The Kier molecular flexibility index (Phi) is 4.64. The summed E-state index contributed by atoms with van der Waals surface area (Å²) in [5.74, 6) is 0.315. The number of nitro benzene ring substituents is 1. The molecule has 6 nitrogen and oxygen atoms in total. The second-order valence-corrected chi connectivity index (χ2v) is 5.76. The summed E-state index contributed by atoms with van der Waals surface area (Å²) >= 11 is 5.86. The molecule has 0 aliphatic carbocycles.